The molecule has 3 unspecified atom stereocenters. The van der Waals surface area contributed by atoms with Crippen LogP contribution >= 0.6 is 0 Å². The third-order valence-electron chi connectivity index (χ3n) is 9.93. The summed E-state index contributed by atoms with van der Waals surface area (Å²) >= 11 is 0. The van der Waals surface area contributed by atoms with Crippen LogP contribution in [0.3, 0.4) is 0 Å². The third-order valence-corrected chi connectivity index (χ3v) is 9.93. The molecule has 2 aromatic carbocycles. The van der Waals surface area contributed by atoms with E-state index in [1.165, 1.54) is 0 Å². The molecule has 14 nitrogen and oxygen atoms in total. The molecule has 0 aliphatic carbocycles. The molecule has 1 saturated heterocycles. The van der Waals surface area contributed by atoms with Gasteiger partial charge in [-0.3, -0.25) is 19.2 Å². The van der Waals surface area contributed by atoms with Crippen LogP contribution in [0.4, 0.5) is 13.2 Å². The van der Waals surface area contributed by atoms with E-state index in [0.29, 0.717) is 58.4 Å². The molecule has 1 aliphatic heterocycles. The molecule has 3 atom stereocenters. The minimum Gasteiger partial charge on any atom is -0.480 e. The fourth-order valence-corrected chi connectivity index (χ4v) is 6.47. The van der Waals surface area contributed by atoms with Crippen LogP contribution in [0, 0.1) is 5.92 Å². The van der Waals surface area contributed by atoms with Crippen molar-refractivity contribution in [2.45, 2.75) is 108 Å². The number of likely N-dealkylation sites (tertiary alicyclic amines) is 1. The van der Waals surface area contributed by atoms with Gasteiger partial charge >= 0.3 is 18.1 Å². The molecule has 3 amide bonds. The molecule has 1 heterocycles. The molecule has 10 N–H and O–H groups in total. The van der Waals surface area contributed by atoms with Gasteiger partial charge in [0.2, 0.25) is 17.7 Å². The molecule has 2 aromatic rings. The van der Waals surface area contributed by atoms with Crippen molar-refractivity contribution < 1.29 is 47.4 Å². The van der Waals surface area contributed by atoms with Crippen LogP contribution in [0.25, 0.3) is 0 Å². The van der Waals surface area contributed by atoms with E-state index in [4.69, 9.17) is 21.4 Å². The number of rotatable bonds is 21. The number of carbonyl (C=O) groups excluding carboxylic acids is 3. The number of hydrogen-bond acceptors (Lipinski definition) is 9. The highest BCUT2D eigenvalue weighted by Crippen LogP contribution is 2.22. The van der Waals surface area contributed by atoms with E-state index >= 15 is 0 Å². The van der Waals surface area contributed by atoms with Crippen LogP contribution in [0.2, 0.25) is 0 Å². The standard InChI is InChI=1S/C39H61N7O5.C2HF3O2/c1-28(2)23-32(35(48)43-31(17-11-12-20-40)26-46-21-18-39(41,19-22-46)37(50)51)45-36(49)33(24-29-13-7-5-8-14-29)44-34(47)25-42-27-38(3,4)30-15-9-6-10-16-30;3-2(4,5)1(6)7/h5-10,13-16,28,31-33,42H,11-12,17-27,40-41H2,1-4H3,(H,43,48)(H,44,47)(H,45,49)(H,50,51);(H,6,7). The van der Waals surface area contributed by atoms with Crippen molar-refractivity contribution in [1.82, 2.24) is 26.2 Å². The zero-order chi connectivity index (χ0) is 43.5. The topological polar surface area (TPSA) is 229 Å². The van der Waals surface area contributed by atoms with E-state index in [0.717, 1.165) is 24.0 Å². The van der Waals surface area contributed by atoms with Crippen LogP contribution in [0.5, 0.6) is 0 Å². The van der Waals surface area contributed by atoms with E-state index in [9.17, 15) is 37.5 Å². The number of hydrogen-bond donors (Lipinski definition) is 8. The lowest BCUT2D eigenvalue weighted by molar-refractivity contribution is -0.192. The number of nitrogens with zero attached hydrogens (tertiary/aromatic N) is 1. The normalized spacial score (nSPS) is 15.9. The number of carboxylic acids is 2. The van der Waals surface area contributed by atoms with Gasteiger partial charge in [0.1, 0.15) is 17.6 Å². The molecule has 1 fully saturated rings. The summed E-state index contributed by atoms with van der Waals surface area (Å²) in [5, 5.41) is 29.0. The minimum absolute atomic E-state index is 0.0312. The number of carbonyl (C=O) groups is 5. The SMILES string of the molecule is CC(C)CC(NC(=O)C(Cc1ccccc1)NC(=O)CNCC(C)(C)c1ccccc1)C(=O)NC(CCCCN)CN1CCC(N)(C(=O)O)CC1.O=C(O)C(F)(F)F. The minimum atomic E-state index is -5.08. The Morgan fingerprint density at radius 1 is 0.845 bits per heavy atom. The monoisotopic (exact) mass is 821 g/mol. The number of nitrogens with two attached hydrogens (primary N) is 2. The van der Waals surface area contributed by atoms with Gasteiger partial charge in [0.25, 0.3) is 0 Å². The Morgan fingerprint density at radius 2 is 1.40 bits per heavy atom. The number of benzene rings is 2. The molecule has 0 saturated carbocycles. The second kappa shape index (κ2) is 23.7. The van der Waals surface area contributed by atoms with E-state index in [1.807, 2.05) is 62.4 Å². The summed E-state index contributed by atoms with van der Waals surface area (Å²) in [6.45, 7) is 10.9. The molecule has 3 rings (SSSR count). The van der Waals surface area contributed by atoms with Gasteiger partial charge in [0.15, 0.2) is 0 Å². The molecule has 58 heavy (non-hydrogen) atoms. The van der Waals surface area contributed by atoms with Crippen molar-refractivity contribution in [3.05, 3.63) is 71.8 Å². The van der Waals surface area contributed by atoms with Gasteiger partial charge in [0.05, 0.1) is 6.54 Å². The smallest absolute Gasteiger partial charge is 0.480 e. The number of amides is 3. The molecule has 324 valence electrons. The molecule has 1 aliphatic rings. The highest BCUT2D eigenvalue weighted by Gasteiger charge is 2.39. The van der Waals surface area contributed by atoms with E-state index in [-0.39, 0.29) is 42.2 Å². The molecular formula is C41H62F3N7O7. The maximum absolute atomic E-state index is 13.9. The van der Waals surface area contributed by atoms with Crippen LogP contribution in [0.1, 0.15) is 77.3 Å². The maximum Gasteiger partial charge on any atom is 0.490 e. The first kappa shape index (κ1) is 49.6. The summed E-state index contributed by atoms with van der Waals surface area (Å²) in [4.78, 5) is 63.7. The van der Waals surface area contributed by atoms with Gasteiger partial charge in [-0.2, -0.15) is 13.2 Å². The lowest BCUT2D eigenvalue weighted by Gasteiger charge is -2.38. The third kappa shape index (κ3) is 17.9. The van der Waals surface area contributed by atoms with Crippen molar-refractivity contribution in [3.63, 3.8) is 0 Å². The van der Waals surface area contributed by atoms with E-state index in [1.54, 1.807) is 0 Å². The van der Waals surface area contributed by atoms with Crippen LogP contribution in [-0.2, 0) is 35.8 Å². The zero-order valence-corrected chi connectivity index (χ0v) is 33.9. The second-order valence-corrected chi connectivity index (χ2v) is 15.9. The van der Waals surface area contributed by atoms with Gasteiger partial charge in [-0.15, -0.1) is 0 Å². The highest BCUT2D eigenvalue weighted by molar-refractivity contribution is 5.92. The van der Waals surface area contributed by atoms with Gasteiger partial charge in [0, 0.05) is 44.1 Å². The average Bonchev–Trinajstić information content (AvgIpc) is 3.15. The molecule has 0 aromatic heterocycles. The quantitative estimate of drug-likeness (QED) is 0.0854. The molecule has 0 radical (unpaired) electrons. The van der Waals surface area contributed by atoms with Gasteiger partial charge < -0.3 is 47.8 Å². The summed E-state index contributed by atoms with van der Waals surface area (Å²) in [6, 6.07) is 17.6. The van der Waals surface area contributed by atoms with Crippen molar-refractivity contribution in [2.75, 3.05) is 39.3 Å². The van der Waals surface area contributed by atoms with Gasteiger partial charge in [-0.25, -0.2) is 4.79 Å². The average molecular weight is 822 g/mol. The molecular weight excluding hydrogens is 759 g/mol. The number of halogens is 3. The molecule has 0 bridgehead atoms. The van der Waals surface area contributed by atoms with E-state index in [2.05, 4.69) is 52.1 Å². The van der Waals surface area contributed by atoms with Crippen LogP contribution in [0.15, 0.2) is 60.7 Å². The Bertz CT molecular complexity index is 1590. The second-order valence-electron chi connectivity index (χ2n) is 15.9. The molecule has 17 heteroatoms. The summed E-state index contributed by atoms with van der Waals surface area (Å²) in [5.74, 6) is -4.68. The number of alkyl halides is 3. The predicted molar refractivity (Wildman–Crippen MR) is 215 cm³/mol. The first-order valence-electron chi connectivity index (χ1n) is 19.6. The summed E-state index contributed by atoms with van der Waals surface area (Å²) in [6.07, 6.45) is -1.45. The lowest BCUT2D eigenvalue weighted by Crippen LogP contribution is -2.59. The fraction of sp³-hybridized carbons (Fsp3) is 0.585. The molecule has 0 spiro atoms. The Morgan fingerprint density at radius 3 is 1.91 bits per heavy atom. The van der Waals surface area contributed by atoms with Gasteiger partial charge in [-0.05, 0) is 55.7 Å². The van der Waals surface area contributed by atoms with Crippen LogP contribution < -0.4 is 32.7 Å². The summed E-state index contributed by atoms with van der Waals surface area (Å²) < 4.78 is 31.7. The number of unbranched alkanes of at least 4 members (excludes halogenated alkanes) is 1. The summed E-state index contributed by atoms with van der Waals surface area (Å²) in [7, 11) is 0. The number of piperidine rings is 1. The largest absolute Gasteiger partial charge is 0.490 e. The Labute approximate surface area is 339 Å². The fourth-order valence-electron chi connectivity index (χ4n) is 6.47. The predicted octanol–water partition coefficient (Wildman–Crippen LogP) is 2.94. The zero-order valence-electron chi connectivity index (χ0n) is 33.9. The summed E-state index contributed by atoms with van der Waals surface area (Å²) in [5.41, 5.74) is 12.4. The van der Waals surface area contributed by atoms with Crippen molar-refractivity contribution in [2.24, 2.45) is 17.4 Å². The van der Waals surface area contributed by atoms with Gasteiger partial charge in [-0.1, -0.05) is 94.8 Å². The van der Waals surface area contributed by atoms with E-state index < -0.39 is 41.6 Å². The van der Waals surface area contributed by atoms with Crippen molar-refractivity contribution in [1.29, 1.82) is 0 Å². The first-order chi connectivity index (χ1) is 27.2. The Kier molecular flexibility index (Phi) is 20.3. The number of carboxylic acid groups (broad SMARTS) is 2. The maximum atomic E-state index is 13.9. The lowest BCUT2D eigenvalue weighted by atomic mass is 9.84. The Balaban J connectivity index is 0.00000151. The Hall–Kier alpha value is -4.58. The first-order valence-corrected chi connectivity index (χ1v) is 19.6. The number of nitrogens with one attached hydrogen (secondary N) is 4. The van der Waals surface area contributed by atoms with Crippen molar-refractivity contribution >= 4 is 29.7 Å². The van der Waals surface area contributed by atoms with Crippen molar-refractivity contribution in [3.8, 4) is 0 Å². The number of aliphatic carboxylic acids is 2. The van der Waals surface area contributed by atoms with Crippen LogP contribution in [-0.4, -0.2) is 114 Å². The highest BCUT2D eigenvalue weighted by atomic mass is 19.4.